The highest BCUT2D eigenvalue weighted by molar-refractivity contribution is 7.18. The predicted octanol–water partition coefficient (Wildman–Crippen LogP) is 4.46. The van der Waals surface area contributed by atoms with Gasteiger partial charge in [-0.1, -0.05) is 30.3 Å². The Morgan fingerprint density at radius 1 is 1.07 bits per heavy atom. The van der Waals surface area contributed by atoms with Crippen LogP contribution in [0.4, 0.5) is 0 Å². The van der Waals surface area contributed by atoms with Crippen molar-refractivity contribution in [2.24, 2.45) is 0 Å². The summed E-state index contributed by atoms with van der Waals surface area (Å²) in [6, 6.07) is 18.0. The van der Waals surface area contributed by atoms with E-state index in [1.165, 1.54) is 4.70 Å². The van der Waals surface area contributed by atoms with Crippen LogP contribution in [-0.4, -0.2) is 32.1 Å². The first-order chi connectivity index (χ1) is 13.3. The number of carbonyl (C=O) groups excluding carboxylic acids is 1. The fourth-order valence-electron chi connectivity index (χ4n) is 3.62. The van der Waals surface area contributed by atoms with Gasteiger partial charge in [-0.25, -0.2) is 9.67 Å². The summed E-state index contributed by atoms with van der Waals surface area (Å²) in [4.78, 5) is 19.9. The molecule has 0 unspecified atom stereocenters. The van der Waals surface area contributed by atoms with Crippen molar-refractivity contribution in [3.63, 3.8) is 0 Å². The minimum atomic E-state index is 0.0268. The summed E-state index contributed by atoms with van der Waals surface area (Å²) in [7, 11) is 0. The highest BCUT2D eigenvalue weighted by atomic mass is 32.1. The molecule has 3 heterocycles. The zero-order valence-corrected chi connectivity index (χ0v) is 15.5. The highest BCUT2D eigenvalue weighted by Crippen LogP contribution is 2.37. The Labute approximate surface area is 160 Å². The maximum absolute atomic E-state index is 13.1. The van der Waals surface area contributed by atoms with E-state index in [9.17, 15) is 4.79 Å². The number of thiazole rings is 1. The lowest BCUT2D eigenvalue weighted by atomic mass is 10.2. The van der Waals surface area contributed by atoms with Crippen LogP contribution in [0, 0.1) is 0 Å². The van der Waals surface area contributed by atoms with Crippen molar-refractivity contribution in [3.05, 3.63) is 77.6 Å². The van der Waals surface area contributed by atoms with Crippen LogP contribution < -0.4 is 0 Å². The largest absolute Gasteiger partial charge is 0.329 e. The molecule has 0 saturated carbocycles. The molecule has 5 nitrogen and oxygen atoms in total. The number of para-hydroxylation sites is 2. The molecule has 6 heteroatoms. The van der Waals surface area contributed by atoms with Gasteiger partial charge in [-0.05, 0) is 37.1 Å². The number of amides is 1. The van der Waals surface area contributed by atoms with E-state index in [0.717, 1.165) is 35.6 Å². The van der Waals surface area contributed by atoms with Crippen molar-refractivity contribution in [1.82, 2.24) is 19.7 Å². The molecule has 1 aliphatic rings. The van der Waals surface area contributed by atoms with Gasteiger partial charge < -0.3 is 4.90 Å². The van der Waals surface area contributed by atoms with E-state index >= 15 is 0 Å². The minimum Gasteiger partial charge on any atom is -0.329 e. The van der Waals surface area contributed by atoms with Gasteiger partial charge >= 0.3 is 0 Å². The molecule has 1 fully saturated rings. The number of hydrogen-bond donors (Lipinski definition) is 0. The van der Waals surface area contributed by atoms with E-state index in [4.69, 9.17) is 4.98 Å². The molecule has 1 aliphatic heterocycles. The molecule has 27 heavy (non-hydrogen) atoms. The van der Waals surface area contributed by atoms with Crippen LogP contribution in [0.3, 0.4) is 0 Å². The van der Waals surface area contributed by atoms with E-state index in [1.807, 2.05) is 59.6 Å². The third-order valence-corrected chi connectivity index (χ3v) is 6.10. The number of nitrogens with zero attached hydrogens (tertiary/aromatic N) is 4. The molecule has 5 rings (SSSR count). The summed E-state index contributed by atoms with van der Waals surface area (Å²) in [5.74, 6) is 0.0268. The Morgan fingerprint density at radius 2 is 1.89 bits per heavy atom. The molecular weight excluding hydrogens is 356 g/mol. The van der Waals surface area contributed by atoms with E-state index < -0.39 is 0 Å². The fourth-order valence-corrected chi connectivity index (χ4v) is 4.74. The highest BCUT2D eigenvalue weighted by Gasteiger charge is 2.33. The molecule has 2 aromatic heterocycles. The molecule has 2 aromatic carbocycles. The second-order valence-corrected chi connectivity index (χ2v) is 7.75. The number of benzene rings is 2. The zero-order chi connectivity index (χ0) is 18.2. The maximum atomic E-state index is 13.1. The van der Waals surface area contributed by atoms with Gasteiger partial charge in [0.2, 0.25) is 0 Å². The molecule has 0 radical (unpaired) electrons. The lowest BCUT2D eigenvalue weighted by Crippen LogP contribution is -2.30. The molecule has 1 saturated heterocycles. The third-order valence-electron chi connectivity index (χ3n) is 4.96. The van der Waals surface area contributed by atoms with Crippen molar-refractivity contribution in [1.29, 1.82) is 0 Å². The van der Waals surface area contributed by atoms with Gasteiger partial charge in [0.1, 0.15) is 5.01 Å². The van der Waals surface area contributed by atoms with Gasteiger partial charge in [0.05, 0.1) is 33.7 Å². The first-order valence-corrected chi connectivity index (χ1v) is 9.88. The Kier molecular flexibility index (Phi) is 3.98. The summed E-state index contributed by atoms with van der Waals surface area (Å²) in [6.45, 7) is 0.760. The summed E-state index contributed by atoms with van der Waals surface area (Å²) >= 11 is 1.69. The van der Waals surface area contributed by atoms with Gasteiger partial charge in [-0.2, -0.15) is 5.10 Å². The summed E-state index contributed by atoms with van der Waals surface area (Å²) < 4.78 is 2.92. The van der Waals surface area contributed by atoms with Crippen molar-refractivity contribution in [2.75, 3.05) is 6.54 Å². The molecule has 0 bridgehead atoms. The van der Waals surface area contributed by atoms with Crippen LogP contribution in [0.15, 0.2) is 67.0 Å². The van der Waals surface area contributed by atoms with E-state index in [2.05, 4.69) is 11.2 Å². The Hall–Kier alpha value is -2.99. The standard InChI is InChI=1S/C21H18N4OS/c26-21(15-13-22-25(14-15)16-7-2-1-3-8-16)24-12-6-10-18(24)20-23-17-9-4-5-11-19(17)27-20/h1-5,7-9,11,13-14,18H,6,10,12H2/t18-/m1/s1. The summed E-state index contributed by atoms with van der Waals surface area (Å²) in [6.07, 6.45) is 5.42. The Morgan fingerprint density at radius 3 is 2.74 bits per heavy atom. The van der Waals surface area contributed by atoms with Gasteiger partial charge in [0, 0.05) is 12.7 Å². The molecule has 4 aromatic rings. The minimum absolute atomic E-state index is 0.0268. The topological polar surface area (TPSA) is 51.0 Å². The van der Waals surface area contributed by atoms with Crippen molar-refractivity contribution in [2.45, 2.75) is 18.9 Å². The van der Waals surface area contributed by atoms with Crippen molar-refractivity contribution in [3.8, 4) is 5.69 Å². The maximum Gasteiger partial charge on any atom is 0.257 e. The first kappa shape index (κ1) is 16.2. The van der Waals surface area contributed by atoms with Crippen molar-refractivity contribution < 1.29 is 4.79 Å². The molecule has 134 valence electrons. The van der Waals surface area contributed by atoms with Gasteiger partial charge in [0.15, 0.2) is 0 Å². The average molecular weight is 374 g/mol. The van der Waals surface area contributed by atoms with E-state index in [-0.39, 0.29) is 11.9 Å². The third kappa shape index (κ3) is 2.92. The Bertz CT molecular complexity index is 1070. The molecule has 0 spiro atoms. The lowest BCUT2D eigenvalue weighted by molar-refractivity contribution is 0.0735. The van der Waals surface area contributed by atoms with E-state index in [0.29, 0.717) is 5.56 Å². The first-order valence-electron chi connectivity index (χ1n) is 9.06. The number of fused-ring (bicyclic) bond motifs is 1. The van der Waals surface area contributed by atoms with Crippen LogP contribution in [0.5, 0.6) is 0 Å². The second-order valence-electron chi connectivity index (χ2n) is 6.69. The number of carbonyl (C=O) groups is 1. The molecule has 1 amide bonds. The fraction of sp³-hybridized carbons (Fsp3) is 0.190. The molecule has 0 aliphatic carbocycles. The SMILES string of the molecule is O=C(c1cnn(-c2ccccc2)c1)N1CCC[C@@H]1c1nc2ccccc2s1. The van der Waals surface area contributed by atoms with Gasteiger partial charge in [-0.15, -0.1) is 11.3 Å². The van der Waals surface area contributed by atoms with Crippen LogP contribution >= 0.6 is 11.3 Å². The quantitative estimate of drug-likeness (QED) is 0.532. The second kappa shape index (κ2) is 6.63. The number of hydrogen-bond acceptors (Lipinski definition) is 4. The number of aromatic nitrogens is 3. The summed E-state index contributed by atoms with van der Waals surface area (Å²) in [5, 5.41) is 5.39. The van der Waals surface area contributed by atoms with Crippen molar-refractivity contribution >= 4 is 27.5 Å². The molecule has 0 N–H and O–H groups in total. The summed E-state index contributed by atoms with van der Waals surface area (Å²) in [5.41, 5.74) is 2.57. The van der Waals surface area contributed by atoms with E-state index in [1.54, 1.807) is 22.2 Å². The number of likely N-dealkylation sites (tertiary alicyclic amines) is 1. The van der Waals surface area contributed by atoms with Crippen LogP contribution in [0.1, 0.15) is 34.2 Å². The normalized spacial score (nSPS) is 16.9. The van der Waals surface area contributed by atoms with Crippen LogP contribution in [0.2, 0.25) is 0 Å². The smallest absolute Gasteiger partial charge is 0.257 e. The average Bonchev–Trinajstić information content (AvgIpc) is 3.46. The van der Waals surface area contributed by atoms with Gasteiger partial charge in [0.25, 0.3) is 5.91 Å². The van der Waals surface area contributed by atoms with Crippen LogP contribution in [-0.2, 0) is 0 Å². The molecule has 1 atom stereocenters. The predicted molar refractivity (Wildman–Crippen MR) is 106 cm³/mol. The molecular formula is C21H18N4OS. The monoisotopic (exact) mass is 374 g/mol. The zero-order valence-electron chi connectivity index (χ0n) is 14.7. The lowest BCUT2D eigenvalue weighted by Gasteiger charge is -2.22. The number of rotatable bonds is 3. The van der Waals surface area contributed by atoms with Gasteiger partial charge in [-0.3, -0.25) is 4.79 Å². The van der Waals surface area contributed by atoms with Crippen LogP contribution in [0.25, 0.3) is 15.9 Å². The Balaban J connectivity index is 1.43.